The highest BCUT2D eigenvalue weighted by atomic mass is 79.9. The van der Waals surface area contributed by atoms with Gasteiger partial charge in [-0.1, -0.05) is 59.7 Å². The van der Waals surface area contributed by atoms with Gasteiger partial charge >= 0.3 is 0 Å². The van der Waals surface area contributed by atoms with Gasteiger partial charge in [-0.15, -0.1) is 0 Å². The smallest absolute Gasteiger partial charge is 0.169 e. The summed E-state index contributed by atoms with van der Waals surface area (Å²) in [5.74, 6) is 0. The van der Waals surface area contributed by atoms with Gasteiger partial charge in [0.05, 0.1) is 45.8 Å². The molecular formula is C37H39Br2N5S. The molecule has 0 radical (unpaired) electrons. The van der Waals surface area contributed by atoms with Crippen LogP contribution in [0.3, 0.4) is 0 Å². The van der Waals surface area contributed by atoms with E-state index in [4.69, 9.17) is 8.75 Å². The van der Waals surface area contributed by atoms with Crippen molar-refractivity contribution in [3.63, 3.8) is 0 Å². The van der Waals surface area contributed by atoms with Crippen LogP contribution in [-0.2, 0) is 6.54 Å². The zero-order valence-corrected chi connectivity index (χ0v) is 30.4. The average Bonchev–Trinajstić information content (AvgIpc) is 3.49. The first kappa shape index (κ1) is 34.4. The van der Waals surface area contributed by atoms with Crippen LogP contribution in [0.2, 0.25) is 0 Å². The monoisotopic (exact) mass is 743 g/mol. The molecule has 0 N–H and O–H groups in total. The summed E-state index contributed by atoms with van der Waals surface area (Å²) in [7, 11) is 6.72. The molecule has 0 amide bonds. The summed E-state index contributed by atoms with van der Waals surface area (Å²) in [6.07, 6.45) is 5.50. The molecule has 2 aromatic heterocycles. The molecule has 0 unspecified atom stereocenters. The van der Waals surface area contributed by atoms with Crippen molar-refractivity contribution in [2.75, 3.05) is 32.6 Å². The molecule has 0 atom stereocenters. The fraction of sp³-hybridized carbons (Fsp3) is 0.216. The van der Waals surface area contributed by atoms with Crippen LogP contribution < -0.4 is 43.4 Å². The summed E-state index contributed by atoms with van der Waals surface area (Å²) in [6.45, 7) is 6.41. The van der Waals surface area contributed by atoms with Crippen LogP contribution in [0, 0.1) is 13.8 Å². The van der Waals surface area contributed by atoms with Crippen molar-refractivity contribution in [2.45, 2.75) is 26.8 Å². The molecule has 0 spiro atoms. The van der Waals surface area contributed by atoms with Crippen LogP contribution in [0.4, 0.5) is 17.1 Å². The highest BCUT2D eigenvalue weighted by Gasteiger charge is 2.17. The maximum Gasteiger partial charge on any atom is 0.169 e. The number of aryl methyl sites for hydroxylation is 3. The minimum absolute atomic E-state index is 0. The molecule has 4 aromatic carbocycles. The summed E-state index contributed by atoms with van der Waals surface area (Å²) in [4.78, 5) is 2.30. The summed E-state index contributed by atoms with van der Waals surface area (Å²) >= 11 is 1.28. The fourth-order valence-electron chi connectivity index (χ4n) is 5.47. The predicted molar refractivity (Wildman–Crippen MR) is 180 cm³/mol. The first-order valence-corrected chi connectivity index (χ1v) is 15.6. The predicted octanol–water partition coefficient (Wildman–Crippen LogP) is 2.50. The molecule has 45 heavy (non-hydrogen) atoms. The van der Waals surface area contributed by atoms with E-state index in [0.29, 0.717) is 0 Å². The minimum Gasteiger partial charge on any atom is -1.00 e. The third-order valence-corrected chi connectivity index (χ3v) is 8.41. The van der Waals surface area contributed by atoms with Crippen LogP contribution in [0.15, 0.2) is 109 Å². The zero-order valence-electron chi connectivity index (χ0n) is 26.4. The Morgan fingerprint density at radius 1 is 0.600 bits per heavy atom. The largest absolute Gasteiger partial charge is 1.00 e. The number of nitrogens with zero attached hydrogens (tertiary/aromatic N) is 5. The summed E-state index contributed by atoms with van der Waals surface area (Å²) in [6, 6.07) is 34.9. The van der Waals surface area contributed by atoms with Crippen molar-refractivity contribution >= 4 is 39.8 Å². The average molecular weight is 746 g/mol. The Morgan fingerprint density at radius 3 is 1.47 bits per heavy atom. The Kier molecular flexibility index (Phi) is 11.3. The van der Waals surface area contributed by atoms with Crippen molar-refractivity contribution in [1.82, 2.24) is 8.75 Å². The van der Waals surface area contributed by atoms with E-state index in [2.05, 4.69) is 154 Å². The van der Waals surface area contributed by atoms with Crippen LogP contribution in [0.1, 0.15) is 17.5 Å². The normalized spacial score (nSPS) is 11.1. The molecule has 0 saturated heterocycles. The van der Waals surface area contributed by atoms with Gasteiger partial charge < -0.3 is 43.3 Å². The fourth-order valence-corrected chi connectivity index (χ4v) is 6.04. The lowest BCUT2D eigenvalue weighted by Crippen LogP contribution is -3.00. The lowest BCUT2D eigenvalue weighted by Gasteiger charge is -2.26. The number of rotatable bonds is 9. The van der Waals surface area contributed by atoms with Crippen molar-refractivity contribution in [2.24, 2.45) is 0 Å². The number of quaternary nitrogens is 1. The van der Waals surface area contributed by atoms with Crippen LogP contribution in [0.25, 0.3) is 33.3 Å². The second-order valence-corrected chi connectivity index (χ2v) is 12.9. The van der Waals surface area contributed by atoms with Crippen LogP contribution >= 0.6 is 11.7 Å². The Hall–Kier alpha value is -3.43. The standard InChI is InChI=1S/C37H39N5S.2BrH/c1-27-7-13-31(14-8-27)41(32-15-9-28(2)10-16-32)33-17-11-29(12-18-33)34-19-20-35(37-36(34)38-43-39-37)30-21-24-40(25-22-30)23-6-26-42(3,4)5;;/h7-22,24-25H,6,23,26H2,1-5H3;2*1H/q+2;;/p-2. The molecule has 0 aliphatic rings. The van der Waals surface area contributed by atoms with Crippen LogP contribution in [0.5, 0.6) is 0 Å². The van der Waals surface area contributed by atoms with E-state index >= 15 is 0 Å². The molecular weight excluding hydrogens is 706 g/mol. The van der Waals surface area contributed by atoms with Crippen molar-refractivity contribution in [3.05, 3.63) is 121 Å². The number of halogens is 2. The molecule has 0 aliphatic carbocycles. The molecule has 232 valence electrons. The van der Waals surface area contributed by atoms with Gasteiger partial charge in [0.15, 0.2) is 18.9 Å². The highest BCUT2D eigenvalue weighted by Crippen LogP contribution is 2.38. The summed E-state index contributed by atoms with van der Waals surface area (Å²) < 4.78 is 12.7. The molecule has 5 nitrogen and oxygen atoms in total. The third kappa shape index (κ3) is 8.05. The SMILES string of the molecule is Cc1ccc(N(c2ccc(C)cc2)c2ccc(-c3ccc(-c4cc[n+](CCC[N+](C)(C)C)cc4)c4nsnc34)cc2)cc1.[Br-].[Br-]. The Morgan fingerprint density at radius 2 is 1.02 bits per heavy atom. The van der Waals surface area contributed by atoms with Gasteiger partial charge in [0.2, 0.25) is 0 Å². The number of anilines is 3. The van der Waals surface area contributed by atoms with Gasteiger partial charge in [0, 0.05) is 40.3 Å². The van der Waals surface area contributed by atoms with Gasteiger partial charge in [-0.2, -0.15) is 8.75 Å². The Bertz CT molecular complexity index is 1780. The number of aromatic nitrogens is 3. The number of fused-ring (bicyclic) bond motifs is 1. The zero-order chi connectivity index (χ0) is 30.0. The molecule has 6 aromatic rings. The minimum atomic E-state index is 0. The van der Waals surface area contributed by atoms with Gasteiger partial charge in [-0.05, 0) is 61.4 Å². The maximum absolute atomic E-state index is 4.74. The number of hydrogen-bond donors (Lipinski definition) is 0. The second-order valence-electron chi connectivity index (χ2n) is 12.4. The Labute approximate surface area is 292 Å². The van der Waals surface area contributed by atoms with E-state index in [9.17, 15) is 0 Å². The first-order chi connectivity index (χ1) is 20.7. The molecule has 2 heterocycles. The number of pyridine rings is 1. The quantitative estimate of drug-likeness (QED) is 0.169. The van der Waals surface area contributed by atoms with Gasteiger partial charge in [0.25, 0.3) is 0 Å². The summed E-state index contributed by atoms with van der Waals surface area (Å²) in [5.41, 5.74) is 12.3. The van der Waals surface area contributed by atoms with Gasteiger partial charge in [-0.25, -0.2) is 4.57 Å². The number of benzene rings is 4. The Balaban J connectivity index is 0.00000230. The van der Waals surface area contributed by atoms with E-state index in [1.807, 2.05) is 0 Å². The van der Waals surface area contributed by atoms with E-state index in [0.717, 1.165) is 74.3 Å². The van der Waals surface area contributed by atoms with E-state index in [1.54, 1.807) is 0 Å². The van der Waals surface area contributed by atoms with E-state index < -0.39 is 0 Å². The van der Waals surface area contributed by atoms with Gasteiger partial charge in [-0.3, -0.25) is 0 Å². The van der Waals surface area contributed by atoms with Crippen molar-refractivity contribution in [3.8, 4) is 22.3 Å². The van der Waals surface area contributed by atoms with E-state index in [-0.39, 0.29) is 34.0 Å². The summed E-state index contributed by atoms with van der Waals surface area (Å²) in [5, 5.41) is 0. The van der Waals surface area contributed by atoms with E-state index in [1.165, 1.54) is 22.9 Å². The molecule has 0 aliphatic heterocycles. The molecule has 0 saturated carbocycles. The third-order valence-electron chi connectivity index (χ3n) is 7.88. The molecule has 6 rings (SSSR count). The lowest BCUT2D eigenvalue weighted by molar-refractivity contribution is -0.873. The van der Waals surface area contributed by atoms with Gasteiger partial charge in [0.1, 0.15) is 11.0 Å². The maximum atomic E-state index is 4.74. The second kappa shape index (κ2) is 14.8. The topological polar surface area (TPSA) is 32.9 Å². The van der Waals surface area contributed by atoms with Crippen molar-refractivity contribution < 1.29 is 43.0 Å². The van der Waals surface area contributed by atoms with Crippen LogP contribution in [-0.4, -0.2) is 40.9 Å². The molecule has 0 fully saturated rings. The number of hydrogen-bond acceptors (Lipinski definition) is 4. The highest BCUT2D eigenvalue weighted by molar-refractivity contribution is 7.00. The molecule has 0 bridgehead atoms. The van der Waals surface area contributed by atoms with Crippen molar-refractivity contribution in [1.29, 1.82) is 0 Å². The lowest BCUT2D eigenvalue weighted by atomic mass is 9.98. The molecule has 8 heteroatoms. The first-order valence-electron chi connectivity index (χ1n) is 14.8.